The first-order chi connectivity index (χ1) is 6.59. The Morgan fingerprint density at radius 3 is 2.79 bits per heavy atom. The monoisotopic (exact) mass is 213 g/mol. The molecule has 1 aromatic carbocycles. The Morgan fingerprint density at radius 1 is 1.57 bits per heavy atom. The maximum absolute atomic E-state index is 12.7. The van der Waals surface area contributed by atoms with Gasteiger partial charge in [-0.3, -0.25) is 4.79 Å². The summed E-state index contributed by atoms with van der Waals surface area (Å²) in [6, 6.07) is 4.22. The van der Waals surface area contributed by atoms with Gasteiger partial charge in [0.05, 0.1) is 0 Å². The summed E-state index contributed by atoms with van der Waals surface area (Å²) in [6.07, 6.45) is 0.723. The number of carbonyl (C=O) groups is 1. The van der Waals surface area contributed by atoms with Gasteiger partial charge in [0, 0.05) is 10.9 Å². The van der Waals surface area contributed by atoms with Crippen LogP contribution in [-0.2, 0) is 4.79 Å². The standard InChI is InChI=1S/C10H9ClFNO/c11-9-3-5(12)1-2-6(9)7-4-8(7)10(13)14/h1-3,7-8H,4H2,(H2,13,14). The van der Waals surface area contributed by atoms with Gasteiger partial charge < -0.3 is 5.73 Å². The molecule has 2 N–H and O–H groups in total. The van der Waals surface area contributed by atoms with Gasteiger partial charge in [0.1, 0.15) is 5.82 Å². The van der Waals surface area contributed by atoms with Crippen LogP contribution < -0.4 is 5.73 Å². The van der Waals surface area contributed by atoms with Gasteiger partial charge >= 0.3 is 0 Å². The molecule has 74 valence electrons. The predicted octanol–water partition coefficient (Wildman–Crippen LogP) is 2.07. The molecular formula is C10H9ClFNO. The molecule has 4 heteroatoms. The summed E-state index contributed by atoms with van der Waals surface area (Å²) in [6.45, 7) is 0. The molecular weight excluding hydrogens is 205 g/mol. The number of rotatable bonds is 2. The minimum absolute atomic E-state index is 0.0839. The fourth-order valence-electron chi connectivity index (χ4n) is 1.66. The maximum atomic E-state index is 12.7. The van der Waals surface area contributed by atoms with Crippen LogP contribution in [0.15, 0.2) is 18.2 Å². The van der Waals surface area contributed by atoms with Gasteiger partial charge in [0.2, 0.25) is 5.91 Å². The van der Waals surface area contributed by atoms with Crippen LogP contribution in [0.2, 0.25) is 5.02 Å². The third-order valence-corrected chi connectivity index (χ3v) is 2.85. The summed E-state index contributed by atoms with van der Waals surface area (Å²) in [7, 11) is 0. The maximum Gasteiger partial charge on any atom is 0.221 e. The van der Waals surface area contributed by atoms with Gasteiger partial charge in [-0.05, 0) is 30.0 Å². The van der Waals surface area contributed by atoms with E-state index in [2.05, 4.69) is 0 Å². The van der Waals surface area contributed by atoms with E-state index in [1.807, 2.05) is 0 Å². The lowest BCUT2D eigenvalue weighted by Crippen LogP contribution is -2.13. The third-order valence-electron chi connectivity index (χ3n) is 2.52. The molecule has 0 heterocycles. The van der Waals surface area contributed by atoms with Crippen LogP contribution in [0.1, 0.15) is 17.9 Å². The molecule has 2 nitrogen and oxygen atoms in total. The van der Waals surface area contributed by atoms with Gasteiger partial charge in [-0.15, -0.1) is 0 Å². The number of nitrogens with two attached hydrogens (primary N) is 1. The molecule has 0 radical (unpaired) electrons. The van der Waals surface area contributed by atoms with Crippen LogP contribution in [0.3, 0.4) is 0 Å². The first-order valence-electron chi connectivity index (χ1n) is 4.34. The Labute approximate surface area is 85.9 Å². The number of benzene rings is 1. The highest BCUT2D eigenvalue weighted by Gasteiger charge is 2.43. The zero-order valence-electron chi connectivity index (χ0n) is 7.34. The van der Waals surface area contributed by atoms with Crippen LogP contribution in [0, 0.1) is 11.7 Å². The quantitative estimate of drug-likeness (QED) is 0.803. The summed E-state index contributed by atoms with van der Waals surface area (Å²) in [5.41, 5.74) is 5.97. The van der Waals surface area contributed by atoms with E-state index in [-0.39, 0.29) is 23.6 Å². The second-order valence-electron chi connectivity index (χ2n) is 3.52. The number of carbonyl (C=O) groups excluding carboxylic acids is 1. The topological polar surface area (TPSA) is 43.1 Å². The van der Waals surface area contributed by atoms with Crippen molar-refractivity contribution in [3.05, 3.63) is 34.6 Å². The minimum Gasteiger partial charge on any atom is -0.369 e. The van der Waals surface area contributed by atoms with E-state index in [4.69, 9.17) is 17.3 Å². The van der Waals surface area contributed by atoms with Gasteiger partial charge in [-0.2, -0.15) is 0 Å². The van der Waals surface area contributed by atoms with E-state index in [0.29, 0.717) is 5.02 Å². The second kappa shape index (κ2) is 3.24. The Kier molecular flexibility index (Phi) is 2.19. The average Bonchev–Trinajstić information content (AvgIpc) is 2.83. The molecule has 1 aliphatic rings. The van der Waals surface area contributed by atoms with E-state index >= 15 is 0 Å². The van der Waals surface area contributed by atoms with E-state index < -0.39 is 0 Å². The van der Waals surface area contributed by atoms with Gasteiger partial charge in [-0.1, -0.05) is 17.7 Å². The van der Waals surface area contributed by atoms with E-state index in [0.717, 1.165) is 12.0 Å². The summed E-state index contributed by atoms with van der Waals surface area (Å²) < 4.78 is 12.7. The normalized spacial score (nSPS) is 24.7. The molecule has 2 unspecified atom stereocenters. The number of hydrogen-bond acceptors (Lipinski definition) is 1. The number of hydrogen-bond donors (Lipinski definition) is 1. The lowest BCUT2D eigenvalue weighted by molar-refractivity contribution is -0.119. The summed E-state index contributed by atoms with van der Waals surface area (Å²) in [5.74, 6) is -0.719. The van der Waals surface area contributed by atoms with Crippen molar-refractivity contribution < 1.29 is 9.18 Å². The van der Waals surface area contributed by atoms with E-state index in [1.54, 1.807) is 6.07 Å². The lowest BCUT2D eigenvalue weighted by Gasteiger charge is -2.01. The fourth-order valence-corrected chi connectivity index (χ4v) is 1.96. The van der Waals surface area contributed by atoms with Crippen molar-refractivity contribution in [1.82, 2.24) is 0 Å². The van der Waals surface area contributed by atoms with E-state index in [9.17, 15) is 9.18 Å². The van der Waals surface area contributed by atoms with Crippen molar-refractivity contribution in [3.8, 4) is 0 Å². The highest BCUT2D eigenvalue weighted by Crippen LogP contribution is 2.49. The molecule has 1 aromatic rings. The average molecular weight is 214 g/mol. The molecule has 0 aromatic heterocycles. The van der Waals surface area contributed by atoms with Crippen molar-refractivity contribution in [1.29, 1.82) is 0 Å². The van der Waals surface area contributed by atoms with E-state index in [1.165, 1.54) is 12.1 Å². The molecule has 2 atom stereocenters. The zero-order valence-corrected chi connectivity index (χ0v) is 8.09. The summed E-state index contributed by atoms with van der Waals surface area (Å²) in [5, 5.41) is 0.374. The molecule has 0 bridgehead atoms. The van der Waals surface area contributed by atoms with Crippen LogP contribution in [0.4, 0.5) is 4.39 Å². The number of amides is 1. The molecule has 2 rings (SSSR count). The minimum atomic E-state index is -0.366. The molecule has 0 saturated heterocycles. The van der Waals surface area contributed by atoms with Gasteiger partial charge in [0.15, 0.2) is 0 Å². The molecule has 1 amide bonds. The SMILES string of the molecule is NC(=O)C1CC1c1ccc(F)cc1Cl. The van der Waals surface area contributed by atoms with Crippen LogP contribution >= 0.6 is 11.6 Å². The molecule has 1 saturated carbocycles. The highest BCUT2D eigenvalue weighted by atomic mass is 35.5. The molecule has 0 spiro atoms. The highest BCUT2D eigenvalue weighted by molar-refractivity contribution is 6.31. The Bertz CT molecular complexity index is 394. The van der Waals surface area contributed by atoms with Gasteiger partial charge in [-0.25, -0.2) is 4.39 Å². The first kappa shape index (κ1) is 9.46. The molecule has 14 heavy (non-hydrogen) atoms. The third kappa shape index (κ3) is 1.60. The van der Waals surface area contributed by atoms with Crippen molar-refractivity contribution in [2.24, 2.45) is 11.7 Å². The van der Waals surface area contributed by atoms with Crippen molar-refractivity contribution in [2.45, 2.75) is 12.3 Å². The Balaban J connectivity index is 2.23. The molecule has 1 aliphatic carbocycles. The van der Waals surface area contributed by atoms with Crippen molar-refractivity contribution >= 4 is 17.5 Å². The molecule has 1 fully saturated rings. The summed E-state index contributed by atoms with van der Waals surface area (Å²) in [4.78, 5) is 10.8. The summed E-state index contributed by atoms with van der Waals surface area (Å²) >= 11 is 5.84. The Hall–Kier alpha value is -1.09. The lowest BCUT2D eigenvalue weighted by atomic mass is 10.1. The van der Waals surface area contributed by atoms with Crippen LogP contribution in [-0.4, -0.2) is 5.91 Å². The largest absolute Gasteiger partial charge is 0.369 e. The smallest absolute Gasteiger partial charge is 0.221 e. The number of halogens is 2. The molecule has 0 aliphatic heterocycles. The fraction of sp³-hybridized carbons (Fsp3) is 0.300. The first-order valence-corrected chi connectivity index (χ1v) is 4.71. The second-order valence-corrected chi connectivity index (χ2v) is 3.92. The van der Waals surface area contributed by atoms with Crippen LogP contribution in [0.5, 0.6) is 0 Å². The van der Waals surface area contributed by atoms with Crippen molar-refractivity contribution in [3.63, 3.8) is 0 Å². The van der Waals surface area contributed by atoms with Crippen molar-refractivity contribution in [2.75, 3.05) is 0 Å². The van der Waals surface area contributed by atoms with Gasteiger partial charge in [0.25, 0.3) is 0 Å². The zero-order chi connectivity index (χ0) is 10.3. The number of primary amides is 1. The Morgan fingerprint density at radius 2 is 2.29 bits per heavy atom. The predicted molar refractivity (Wildman–Crippen MR) is 51.5 cm³/mol. The van der Waals surface area contributed by atoms with Crippen LogP contribution in [0.25, 0.3) is 0 Å².